The van der Waals surface area contributed by atoms with Gasteiger partial charge in [0.05, 0.1) is 37.0 Å². The van der Waals surface area contributed by atoms with Crippen molar-refractivity contribution in [3.05, 3.63) is 82.0 Å². The lowest BCUT2D eigenvalue weighted by molar-refractivity contribution is -0.137. The van der Waals surface area contributed by atoms with E-state index in [1.54, 1.807) is 32.0 Å². The highest BCUT2D eigenvalue weighted by Gasteiger charge is 2.37. The third-order valence-electron chi connectivity index (χ3n) is 5.69. The van der Waals surface area contributed by atoms with E-state index in [1.807, 2.05) is 35.7 Å². The van der Waals surface area contributed by atoms with E-state index in [-0.39, 0.29) is 5.75 Å². The number of carbonyl (C=O) groups excluding carboxylic acids is 2. The molecule has 2 aromatic carbocycles. The second kappa shape index (κ2) is 10.0. The lowest BCUT2D eigenvalue weighted by Crippen LogP contribution is -2.32. The van der Waals surface area contributed by atoms with Gasteiger partial charge in [-0.15, -0.1) is 11.3 Å². The third-order valence-corrected chi connectivity index (χ3v) is 6.45. The molecule has 0 fully saturated rings. The Labute approximate surface area is 206 Å². The molecule has 3 aromatic rings. The molecule has 0 aliphatic carbocycles. The molecule has 0 radical (unpaired) electrons. The highest BCUT2D eigenvalue weighted by Crippen LogP contribution is 2.40. The first kappa shape index (κ1) is 24.0. The van der Waals surface area contributed by atoms with Gasteiger partial charge in [0, 0.05) is 28.0 Å². The smallest absolute Gasteiger partial charge is 0.336 e. The number of rotatable bonds is 6. The predicted molar refractivity (Wildman–Crippen MR) is 134 cm³/mol. The molecule has 8 nitrogen and oxygen atoms in total. The summed E-state index contributed by atoms with van der Waals surface area (Å²) < 4.78 is 10.1. The van der Waals surface area contributed by atoms with Gasteiger partial charge in [-0.05, 0) is 43.7 Å². The van der Waals surface area contributed by atoms with Crippen molar-refractivity contribution < 1.29 is 24.2 Å². The lowest BCUT2D eigenvalue weighted by atomic mass is 9.80. The van der Waals surface area contributed by atoms with E-state index in [4.69, 9.17) is 9.47 Å². The number of methoxy groups -OCH3 is 2. The summed E-state index contributed by atoms with van der Waals surface area (Å²) in [6.45, 7) is 3.55. The molecule has 4 rings (SSSR count). The summed E-state index contributed by atoms with van der Waals surface area (Å²) in [6.07, 6.45) is 0. The molecule has 0 atom stereocenters. The number of nitrogens with one attached hydrogen (secondary N) is 2. The molecule has 9 heteroatoms. The summed E-state index contributed by atoms with van der Waals surface area (Å²) in [5.41, 5.74) is 4.92. The number of hydrogen-bond acceptors (Lipinski definition) is 9. The maximum atomic E-state index is 12.7. The van der Waals surface area contributed by atoms with E-state index in [2.05, 4.69) is 15.6 Å². The lowest BCUT2D eigenvalue weighted by Gasteiger charge is -2.30. The number of thiazole rings is 1. The van der Waals surface area contributed by atoms with Gasteiger partial charge in [-0.3, -0.25) is 0 Å². The van der Waals surface area contributed by atoms with Gasteiger partial charge in [0.1, 0.15) is 5.75 Å². The van der Waals surface area contributed by atoms with Crippen LogP contribution >= 0.6 is 11.3 Å². The van der Waals surface area contributed by atoms with Crippen LogP contribution in [0.2, 0.25) is 0 Å². The SMILES string of the molecule is COC(=O)C1=C(C)NC(C)=C(C(=O)OC)C1c1cccc(Nc2nc(-c3cccc(O)c3)cs2)c1. The molecular formula is C26H25N3O5S. The van der Waals surface area contributed by atoms with Crippen molar-refractivity contribution in [1.29, 1.82) is 0 Å². The zero-order valence-corrected chi connectivity index (χ0v) is 20.5. The van der Waals surface area contributed by atoms with Gasteiger partial charge in [0.2, 0.25) is 0 Å². The van der Waals surface area contributed by atoms with Crippen molar-refractivity contribution in [3.8, 4) is 17.0 Å². The van der Waals surface area contributed by atoms with Crippen LogP contribution in [0.3, 0.4) is 0 Å². The van der Waals surface area contributed by atoms with Gasteiger partial charge in [0.15, 0.2) is 5.13 Å². The fourth-order valence-electron chi connectivity index (χ4n) is 4.14. The van der Waals surface area contributed by atoms with E-state index >= 15 is 0 Å². The zero-order valence-electron chi connectivity index (χ0n) is 19.7. The van der Waals surface area contributed by atoms with Crippen molar-refractivity contribution in [3.63, 3.8) is 0 Å². The highest BCUT2D eigenvalue weighted by atomic mass is 32.1. The second-order valence-electron chi connectivity index (χ2n) is 7.96. The third kappa shape index (κ3) is 4.90. The molecular weight excluding hydrogens is 466 g/mol. The minimum atomic E-state index is -0.669. The van der Waals surface area contributed by atoms with Crippen LogP contribution in [0, 0.1) is 0 Å². The number of phenols is 1. The number of anilines is 2. The van der Waals surface area contributed by atoms with Crippen molar-refractivity contribution in [2.45, 2.75) is 19.8 Å². The van der Waals surface area contributed by atoms with Gasteiger partial charge in [-0.2, -0.15) is 0 Å². The van der Waals surface area contributed by atoms with Crippen LogP contribution in [0.5, 0.6) is 5.75 Å². The minimum Gasteiger partial charge on any atom is -0.508 e. The fraction of sp³-hybridized carbons (Fsp3) is 0.192. The molecule has 0 unspecified atom stereocenters. The molecule has 0 bridgehead atoms. The van der Waals surface area contributed by atoms with Gasteiger partial charge in [-0.25, -0.2) is 14.6 Å². The van der Waals surface area contributed by atoms with Gasteiger partial charge in [-0.1, -0.05) is 24.3 Å². The van der Waals surface area contributed by atoms with Crippen LogP contribution in [0.25, 0.3) is 11.3 Å². The van der Waals surface area contributed by atoms with Crippen LogP contribution in [-0.4, -0.2) is 36.2 Å². The Bertz CT molecular complexity index is 1320. The Kier molecular flexibility index (Phi) is 6.88. The van der Waals surface area contributed by atoms with Crippen LogP contribution < -0.4 is 10.6 Å². The number of allylic oxidation sites excluding steroid dienone is 2. The number of ether oxygens (including phenoxy) is 2. The zero-order chi connectivity index (χ0) is 25.1. The molecule has 180 valence electrons. The van der Waals surface area contributed by atoms with E-state index in [0.717, 1.165) is 22.5 Å². The number of esters is 2. The highest BCUT2D eigenvalue weighted by molar-refractivity contribution is 7.14. The maximum absolute atomic E-state index is 12.7. The van der Waals surface area contributed by atoms with Gasteiger partial charge in [0.25, 0.3) is 0 Å². The number of aromatic hydroxyl groups is 1. The number of phenolic OH excluding ortho intramolecular Hbond substituents is 1. The summed E-state index contributed by atoms with van der Waals surface area (Å²) in [5, 5.41) is 18.7. The van der Waals surface area contributed by atoms with Crippen molar-refractivity contribution in [2.75, 3.05) is 19.5 Å². The topological polar surface area (TPSA) is 110 Å². The van der Waals surface area contributed by atoms with E-state index < -0.39 is 17.9 Å². The molecule has 3 N–H and O–H groups in total. The minimum absolute atomic E-state index is 0.175. The molecule has 2 heterocycles. The molecule has 0 saturated heterocycles. The molecule has 0 spiro atoms. The van der Waals surface area contributed by atoms with E-state index in [9.17, 15) is 14.7 Å². The summed E-state index contributed by atoms with van der Waals surface area (Å²) in [5.74, 6) is -1.54. The standard InChI is InChI=1S/C26H25N3O5S/c1-14-21(24(31)33-3)23(22(15(2)27-14)25(32)34-4)17-8-5-9-18(11-17)28-26-29-20(13-35-26)16-7-6-10-19(30)12-16/h5-13,23,27,30H,1-4H3,(H,28,29). The number of benzene rings is 2. The number of hydrogen-bond donors (Lipinski definition) is 3. The molecule has 0 amide bonds. The summed E-state index contributed by atoms with van der Waals surface area (Å²) >= 11 is 1.42. The molecule has 35 heavy (non-hydrogen) atoms. The number of dihydropyridines is 1. The summed E-state index contributed by atoms with van der Waals surface area (Å²) in [6, 6.07) is 14.4. The number of aromatic nitrogens is 1. The normalized spacial score (nSPS) is 13.9. The maximum Gasteiger partial charge on any atom is 0.336 e. The first-order valence-corrected chi connectivity index (χ1v) is 11.7. The molecule has 1 aliphatic heterocycles. The summed E-state index contributed by atoms with van der Waals surface area (Å²) in [4.78, 5) is 30.1. The van der Waals surface area contributed by atoms with E-state index in [1.165, 1.54) is 25.6 Å². The first-order valence-electron chi connectivity index (χ1n) is 10.8. The Morgan fingerprint density at radius 1 is 1.00 bits per heavy atom. The largest absolute Gasteiger partial charge is 0.508 e. The van der Waals surface area contributed by atoms with Crippen LogP contribution in [-0.2, 0) is 19.1 Å². The van der Waals surface area contributed by atoms with Gasteiger partial charge >= 0.3 is 11.9 Å². The van der Waals surface area contributed by atoms with E-state index in [0.29, 0.717) is 27.7 Å². The molecule has 1 aliphatic rings. The predicted octanol–water partition coefficient (Wildman–Crippen LogP) is 4.84. The molecule has 0 saturated carbocycles. The Morgan fingerprint density at radius 3 is 2.29 bits per heavy atom. The average molecular weight is 492 g/mol. The van der Waals surface area contributed by atoms with Crippen molar-refractivity contribution in [2.24, 2.45) is 0 Å². The number of nitrogens with zero attached hydrogens (tertiary/aromatic N) is 1. The second-order valence-corrected chi connectivity index (χ2v) is 8.82. The van der Waals surface area contributed by atoms with Crippen LogP contribution in [0.15, 0.2) is 76.5 Å². The van der Waals surface area contributed by atoms with Crippen molar-refractivity contribution in [1.82, 2.24) is 10.3 Å². The quantitative estimate of drug-likeness (QED) is 0.420. The summed E-state index contributed by atoms with van der Waals surface area (Å²) in [7, 11) is 2.63. The fourth-order valence-corrected chi connectivity index (χ4v) is 4.88. The number of carbonyl (C=O) groups is 2. The van der Waals surface area contributed by atoms with Gasteiger partial charge < -0.3 is 25.2 Å². The first-order chi connectivity index (χ1) is 16.8. The Hall–Kier alpha value is -4.11. The monoisotopic (exact) mass is 491 g/mol. The van der Waals surface area contributed by atoms with Crippen LogP contribution in [0.4, 0.5) is 10.8 Å². The van der Waals surface area contributed by atoms with Crippen molar-refractivity contribution >= 4 is 34.1 Å². The Morgan fingerprint density at radius 2 is 1.66 bits per heavy atom. The van der Waals surface area contributed by atoms with Crippen LogP contribution in [0.1, 0.15) is 25.3 Å². The Balaban J connectivity index is 1.70. The molecule has 1 aromatic heterocycles. The average Bonchev–Trinajstić information content (AvgIpc) is 3.31.